The Labute approximate surface area is 207 Å². The zero-order valence-electron chi connectivity index (χ0n) is 20.8. The summed E-state index contributed by atoms with van der Waals surface area (Å²) < 4.78 is 22.3. The Morgan fingerprint density at radius 1 is 1.26 bits per heavy atom. The van der Waals surface area contributed by atoms with Crippen LogP contribution in [0.2, 0.25) is 0 Å². The summed E-state index contributed by atoms with van der Waals surface area (Å²) in [5.41, 5.74) is 2.07. The second-order valence-corrected chi connectivity index (χ2v) is 11.1. The number of benzene rings is 1. The molecule has 3 aromatic heterocycles. The largest absolute Gasteiger partial charge is 0.324 e. The fourth-order valence-electron chi connectivity index (χ4n) is 4.61. The lowest BCUT2D eigenvalue weighted by Gasteiger charge is -2.34. The van der Waals surface area contributed by atoms with Crippen LogP contribution in [0.25, 0.3) is 16.9 Å². The highest BCUT2D eigenvalue weighted by atomic mass is 32.1. The van der Waals surface area contributed by atoms with E-state index in [1.165, 1.54) is 25.0 Å². The SMILES string of the molecule is CC(C)n1c(=O)c2cnc(Nc3ccc4c(c3)CCNC4(C)C)nc2n1-c1cc(C(C)(C)F)sn1. The Bertz CT molecular complexity index is 1480. The molecule has 4 heterocycles. The van der Waals surface area contributed by atoms with Gasteiger partial charge in [0.25, 0.3) is 5.56 Å². The zero-order valence-corrected chi connectivity index (χ0v) is 21.6. The van der Waals surface area contributed by atoms with E-state index in [1.54, 1.807) is 21.6 Å². The molecule has 1 aromatic carbocycles. The van der Waals surface area contributed by atoms with Crippen LogP contribution >= 0.6 is 11.5 Å². The number of fused-ring (bicyclic) bond motifs is 2. The van der Waals surface area contributed by atoms with Crippen LogP contribution in [0.15, 0.2) is 35.3 Å². The van der Waals surface area contributed by atoms with Crippen LogP contribution in [0.3, 0.4) is 0 Å². The number of rotatable bonds is 5. The second kappa shape index (κ2) is 8.23. The van der Waals surface area contributed by atoms with E-state index < -0.39 is 5.67 Å². The first kappa shape index (κ1) is 23.6. The number of aromatic nitrogens is 5. The van der Waals surface area contributed by atoms with Crippen molar-refractivity contribution in [2.75, 3.05) is 11.9 Å². The monoisotopic (exact) mass is 495 g/mol. The lowest BCUT2D eigenvalue weighted by atomic mass is 9.85. The quantitative estimate of drug-likeness (QED) is 0.407. The van der Waals surface area contributed by atoms with Gasteiger partial charge in [0.05, 0.1) is 4.88 Å². The molecule has 0 aliphatic carbocycles. The van der Waals surface area contributed by atoms with Gasteiger partial charge in [0.1, 0.15) is 11.1 Å². The lowest BCUT2D eigenvalue weighted by molar-refractivity contribution is 0.227. The Morgan fingerprint density at radius 2 is 2.03 bits per heavy atom. The Kier molecular flexibility index (Phi) is 5.56. The van der Waals surface area contributed by atoms with E-state index in [0.29, 0.717) is 27.7 Å². The van der Waals surface area contributed by atoms with Crippen molar-refractivity contribution in [3.63, 3.8) is 0 Å². The first-order valence-electron chi connectivity index (χ1n) is 11.8. The van der Waals surface area contributed by atoms with Crippen molar-refractivity contribution < 1.29 is 4.39 Å². The highest BCUT2D eigenvalue weighted by Gasteiger charge is 2.27. The minimum atomic E-state index is -1.53. The summed E-state index contributed by atoms with van der Waals surface area (Å²) in [4.78, 5) is 22.8. The number of halogens is 1. The van der Waals surface area contributed by atoms with Gasteiger partial charge < -0.3 is 10.6 Å². The molecule has 0 saturated carbocycles. The molecule has 5 rings (SSSR count). The van der Waals surface area contributed by atoms with Crippen LogP contribution in [0, 0.1) is 0 Å². The van der Waals surface area contributed by atoms with Crippen molar-refractivity contribution in [1.82, 2.24) is 29.0 Å². The van der Waals surface area contributed by atoms with Crippen molar-refractivity contribution in [3.8, 4) is 5.82 Å². The smallest absolute Gasteiger partial charge is 0.278 e. The van der Waals surface area contributed by atoms with Crippen molar-refractivity contribution in [3.05, 3.63) is 56.8 Å². The molecule has 1 aliphatic heterocycles. The van der Waals surface area contributed by atoms with Crippen molar-refractivity contribution in [1.29, 1.82) is 0 Å². The summed E-state index contributed by atoms with van der Waals surface area (Å²) in [7, 11) is 0. The molecule has 2 N–H and O–H groups in total. The highest BCUT2D eigenvalue weighted by molar-refractivity contribution is 7.06. The molecule has 0 amide bonds. The molecule has 10 heteroatoms. The molecular formula is C25H30FN7OS. The molecule has 0 atom stereocenters. The third kappa shape index (κ3) is 4.14. The molecule has 0 spiro atoms. The summed E-state index contributed by atoms with van der Waals surface area (Å²) >= 11 is 1.08. The summed E-state index contributed by atoms with van der Waals surface area (Å²) in [6, 6.07) is 7.80. The summed E-state index contributed by atoms with van der Waals surface area (Å²) in [6.07, 6.45) is 2.49. The van der Waals surface area contributed by atoms with Crippen molar-refractivity contribution in [2.24, 2.45) is 0 Å². The normalized spacial score (nSPS) is 15.5. The third-order valence-electron chi connectivity index (χ3n) is 6.41. The third-order valence-corrected chi connectivity index (χ3v) is 7.49. The van der Waals surface area contributed by atoms with Gasteiger partial charge in [-0.3, -0.25) is 4.79 Å². The molecule has 0 unspecified atom stereocenters. The predicted octanol–water partition coefficient (Wildman–Crippen LogP) is 4.95. The number of nitrogens with zero attached hydrogens (tertiary/aromatic N) is 5. The van der Waals surface area contributed by atoms with Gasteiger partial charge in [-0.15, -0.1) is 0 Å². The minimum Gasteiger partial charge on any atom is -0.324 e. The van der Waals surface area contributed by atoms with Crippen LogP contribution in [-0.4, -0.2) is 30.2 Å². The molecule has 0 fully saturated rings. The van der Waals surface area contributed by atoms with Gasteiger partial charge in [0.15, 0.2) is 11.5 Å². The first-order chi connectivity index (χ1) is 16.5. The predicted molar refractivity (Wildman–Crippen MR) is 138 cm³/mol. The van der Waals surface area contributed by atoms with Gasteiger partial charge >= 0.3 is 0 Å². The van der Waals surface area contributed by atoms with E-state index in [9.17, 15) is 9.18 Å². The van der Waals surface area contributed by atoms with E-state index in [4.69, 9.17) is 4.98 Å². The standard InChI is InChI=1S/C25H30FN7OS/c1-14(2)32-22(34)17-13-27-23(29-16-7-8-18-15(11-16)9-10-28-25(18,5)6)30-21(17)33(32)20-12-19(35-31-20)24(3,4)26/h7-8,11-14,28H,9-10H2,1-6H3,(H,27,29,30). The van der Waals surface area contributed by atoms with Gasteiger partial charge in [0, 0.05) is 29.5 Å². The van der Waals surface area contributed by atoms with Gasteiger partial charge in [-0.1, -0.05) is 6.07 Å². The van der Waals surface area contributed by atoms with Gasteiger partial charge in [-0.2, -0.15) is 9.36 Å². The maximum Gasteiger partial charge on any atom is 0.278 e. The fraction of sp³-hybridized carbons (Fsp3) is 0.440. The number of nitrogens with one attached hydrogen (secondary N) is 2. The molecule has 0 saturated heterocycles. The lowest BCUT2D eigenvalue weighted by Crippen LogP contribution is -2.42. The van der Waals surface area contributed by atoms with Crippen molar-refractivity contribution in [2.45, 2.75) is 65.2 Å². The van der Waals surface area contributed by atoms with Gasteiger partial charge in [-0.05, 0) is 89.3 Å². The summed E-state index contributed by atoms with van der Waals surface area (Å²) in [6.45, 7) is 12.1. The molecule has 0 radical (unpaired) electrons. The molecule has 0 bridgehead atoms. The van der Waals surface area contributed by atoms with E-state index in [-0.39, 0.29) is 17.1 Å². The van der Waals surface area contributed by atoms with Crippen LogP contribution in [0.4, 0.5) is 16.0 Å². The maximum atomic E-state index is 14.6. The second-order valence-electron chi connectivity index (χ2n) is 10.3. The molecule has 4 aromatic rings. The number of anilines is 2. The fourth-order valence-corrected chi connectivity index (χ4v) is 5.31. The molecule has 8 nitrogen and oxygen atoms in total. The van der Waals surface area contributed by atoms with Gasteiger partial charge in [-0.25, -0.2) is 18.7 Å². The van der Waals surface area contributed by atoms with Crippen LogP contribution in [0.5, 0.6) is 0 Å². The van der Waals surface area contributed by atoms with Crippen LogP contribution in [-0.2, 0) is 17.6 Å². The zero-order chi connectivity index (χ0) is 25.1. The average Bonchev–Trinajstić information content (AvgIpc) is 3.36. The average molecular weight is 496 g/mol. The maximum absolute atomic E-state index is 14.6. The molecule has 35 heavy (non-hydrogen) atoms. The minimum absolute atomic E-state index is 0.0715. The molecular weight excluding hydrogens is 465 g/mol. The molecule has 184 valence electrons. The molecule has 1 aliphatic rings. The number of hydrogen-bond donors (Lipinski definition) is 2. The summed E-state index contributed by atoms with van der Waals surface area (Å²) in [5, 5.41) is 7.23. The van der Waals surface area contributed by atoms with E-state index in [0.717, 1.165) is 30.2 Å². The van der Waals surface area contributed by atoms with E-state index in [2.05, 4.69) is 46.0 Å². The van der Waals surface area contributed by atoms with Crippen LogP contribution < -0.4 is 16.2 Å². The van der Waals surface area contributed by atoms with Gasteiger partial charge in [0.2, 0.25) is 5.95 Å². The van der Waals surface area contributed by atoms with Crippen LogP contribution in [0.1, 0.15) is 63.6 Å². The Morgan fingerprint density at radius 3 is 2.71 bits per heavy atom. The Hall–Kier alpha value is -3.11. The highest BCUT2D eigenvalue weighted by Crippen LogP contribution is 2.32. The Balaban J connectivity index is 1.59. The van der Waals surface area contributed by atoms with E-state index in [1.807, 2.05) is 19.9 Å². The first-order valence-corrected chi connectivity index (χ1v) is 12.6. The van der Waals surface area contributed by atoms with E-state index >= 15 is 0 Å². The number of hydrogen-bond acceptors (Lipinski definition) is 7. The topological polar surface area (TPSA) is 89.7 Å². The summed E-state index contributed by atoms with van der Waals surface area (Å²) in [5.74, 6) is 0.839. The van der Waals surface area contributed by atoms with Crippen molar-refractivity contribution >= 4 is 34.2 Å². The number of alkyl halides is 1.